The molecule has 1 unspecified atom stereocenters. The van der Waals surface area contributed by atoms with Gasteiger partial charge in [-0.2, -0.15) is 10.2 Å². The summed E-state index contributed by atoms with van der Waals surface area (Å²) in [6.07, 6.45) is 6.06. The molecule has 12 heteroatoms. The summed E-state index contributed by atoms with van der Waals surface area (Å²) in [6, 6.07) is 4.03. The van der Waals surface area contributed by atoms with Crippen molar-refractivity contribution in [3.63, 3.8) is 0 Å². The van der Waals surface area contributed by atoms with Crippen LogP contribution in [0.15, 0.2) is 35.2 Å². The molecule has 0 aliphatic carbocycles. The lowest BCUT2D eigenvalue weighted by Crippen LogP contribution is -2.50. The Morgan fingerprint density at radius 1 is 1.33 bits per heavy atom. The average Bonchev–Trinajstić information content (AvgIpc) is 3.50. The lowest BCUT2D eigenvalue weighted by Gasteiger charge is -2.38. The molecule has 1 atom stereocenters. The van der Waals surface area contributed by atoms with Gasteiger partial charge in [0.05, 0.1) is 23.6 Å². The van der Waals surface area contributed by atoms with Crippen molar-refractivity contribution in [2.45, 2.75) is 32.9 Å². The molecule has 5 rings (SSSR count). The zero-order valence-electron chi connectivity index (χ0n) is 17.9. The zero-order valence-corrected chi connectivity index (χ0v) is 20.3. The van der Waals surface area contributed by atoms with Gasteiger partial charge >= 0.3 is 0 Å². The number of hydrogen-bond acceptors (Lipinski definition) is 7. The standard InChI is InChI=1S/C21H21BrN8O2S/c1-11-9-29(10-17(31)30-6-5-12(30)2)28-19(11)26-21-23-8-16(33-21)20(32)25-18-13-7-24-27-15(13)4-3-14(18)22/h3-4,7-9,12H,5-6,10H2,1-2H3,(H,24,27)(H,25,32)(H,23,26,28). The van der Waals surface area contributed by atoms with Crippen molar-refractivity contribution in [2.24, 2.45) is 0 Å². The van der Waals surface area contributed by atoms with Crippen molar-refractivity contribution >= 4 is 66.6 Å². The van der Waals surface area contributed by atoms with Crippen LogP contribution in [0.4, 0.5) is 16.6 Å². The van der Waals surface area contributed by atoms with Gasteiger partial charge in [-0.15, -0.1) is 0 Å². The number of nitrogens with one attached hydrogen (secondary N) is 3. The SMILES string of the molecule is Cc1cn(CC(=O)N2CCC2C)nc1Nc1ncc(C(=O)Nc2c(Br)ccc3[nH]ncc23)s1. The molecule has 0 saturated carbocycles. The molecule has 2 amide bonds. The Morgan fingerprint density at radius 2 is 2.18 bits per heavy atom. The Kier molecular flexibility index (Phi) is 5.62. The number of carbonyl (C=O) groups is 2. The molecule has 1 aliphatic rings. The maximum absolute atomic E-state index is 12.8. The number of aryl methyl sites for hydroxylation is 1. The monoisotopic (exact) mass is 528 g/mol. The molecule has 1 fully saturated rings. The van der Waals surface area contributed by atoms with E-state index in [0.29, 0.717) is 27.6 Å². The molecule has 1 aliphatic heterocycles. The van der Waals surface area contributed by atoms with E-state index in [-0.39, 0.29) is 18.4 Å². The van der Waals surface area contributed by atoms with Crippen LogP contribution < -0.4 is 10.6 Å². The van der Waals surface area contributed by atoms with Crippen LogP contribution in [0, 0.1) is 6.92 Å². The van der Waals surface area contributed by atoms with Crippen LogP contribution in [0.5, 0.6) is 0 Å². The van der Waals surface area contributed by atoms with Gasteiger partial charge in [0.15, 0.2) is 10.9 Å². The molecule has 170 valence electrons. The fraction of sp³-hybridized carbons (Fsp3) is 0.286. The highest BCUT2D eigenvalue weighted by atomic mass is 79.9. The minimum Gasteiger partial charge on any atom is -0.338 e. The molecule has 4 heterocycles. The van der Waals surface area contributed by atoms with Gasteiger partial charge in [-0.1, -0.05) is 11.3 Å². The summed E-state index contributed by atoms with van der Waals surface area (Å²) in [6.45, 7) is 4.97. The van der Waals surface area contributed by atoms with Crippen molar-refractivity contribution in [1.82, 2.24) is 29.9 Å². The Balaban J connectivity index is 1.27. The third-order valence-electron chi connectivity index (χ3n) is 5.65. The van der Waals surface area contributed by atoms with Crippen LogP contribution in [0.25, 0.3) is 10.9 Å². The van der Waals surface area contributed by atoms with Gasteiger partial charge in [-0.05, 0) is 48.3 Å². The van der Waals surface area contributed by atoms with E-state index in [4.69, 9.17) is 0 Å². The number of hydrogen-bond donors (Lipinski definition) is 3. The number of fused-ring (bicyclic) bond motifs is 1. The predicted octanol–water partition coefficient (Wildman–Crippen LogP) is 3.90. The van der Waals surface area contributed by atoms with E-state index in [2.05, 4.69) is 46.8 Å². The third kappa shape index (κ3) is 4.23. The first-order valence-electron chi connectivity index (χ1n) is 10.4. The lowest BCUT2D eigenvalue weighted by molar-refractivity contribution is -0.139. The number of aromatic nitrogens is 5. The minimum atomic E-state index is -0.272. The van der Waals surface area contributed by atoms with Gasteiger partial charge in [-0.25, -0.2) is 4.98 Å². The number of H-pyrrole nitrogens is 1. The summed E-state index contributed by atoms with van der Waals surface area (Å²) < 4.78 is 2.39. The number of amides is 2. The number of halogens is 1. The number of rotatable bonds is 6. The first-order valence-corrected chi connectivity index (χ1v) is 12.0. The summed E-state index contributed by atoms with van der Waals surface area (Å²) in [7, 11) is 0. The molecule has 4 aromatic rings. The maximum atomic E-state index is 12.8. The average molecular weight is 529 g/mol. The van der Waals surface area contributed by atoms with E-state index < -0.39 is 0 Å². The first-order chi connectivity index (χ1) is 15.9. The number of carbonyl (C=O) groups excluding carboxylic acids is 2. The molecule has 0 spiro atoms. The first kappa shape index (κ1) is 21.6. The van der Waals surface area contributed by atoms with Crippen molar-refractivity contribution in [1.29, 1.82) is 0 Å². The maximum Gasteiger partial charge on any atom is 0.267 e. The second-order valence-electron chi connectivity index (χ2n) is 7.95. The molecule has 3 N–H and O–H groups in total. The second kappa shape index (κ2) is 8.60. The topological polar surface area (TPSA) is 121 Å². The number of nitrogens with zero attached hydrogens (tertiary/aromatic N) is 5. The largest absolute Gasteiger partial charge is 0.338 e. The van der Waals surface area contributed by atoms with Crippen molar-refractivity contribution in [2.75, 3.05) is 17.2 Å². The summed E-state index contributed by atoms with van der Waals surface area (Å²) in [5.41, 5.74) is 2.36. The van der Waals surface area contributed by atoms with Crippen LogP contribution in [0.3, 0.4) is 0 Å². The van der Waals surface area contributed by atoms with Gasteiger partial charge in [-0.3, -0.25) is 19.4 Å². The van der Waals surface area contributed by atoms with Crippen LogP contribution in [0.2, 0.25) is 0 Å². The highest BCUT2D eigenvalue weighted by molar-refractivity contribution is 9.10. The van der Waals surface area contributed by atoms with Gasteiger partial charge in [0.25, 0.3) is 5.91 Å². The van der Waals surface area contributed by atoms with Gasteiger partial charge in [0.1, 0.15) is 11.4 Å². The molecule has 0 bridgehead atoms. The second-order valence-corrected chi connectivity index (χ2v) is 9.83. The Morgan fingerprint density at radius 3 is 2.94 bits per heavy atom. The summed E-state index contributed by atoms with van der Waals surface area (Å²) >= 11 is 4.70. The van der Waals surface area contributed by atoms with Gasteiger partial charge < -0.3 is 15.5 Å². The molecular formula is C21H21BrN8O2S. The minimum absolute atomic E-state index is 0.0646. The van der Waals surface area contributed by atoms with Crippen LogP contribution in [-0.4, -0.2) is 54.3 Å². The van der Waals surface area contributed by atoms with Crippen LogP contribution >= 0.6 is 27.3 Å². The number of likely N-dealkylation sites (tertiary alicyclic amines) is 1. The quantitative estimate of drug-likeness (QED) is 0.349. The third-order valence-corrected chi connectivity index (χ3v) is 7.22. The molecule has 3 aromatic heterocycles. The molecule has 10 nitrogen and oxygen atoms in total. The number of thiazole rings is 1. The van der Waals surface area contributed by atoms with Gasteiger partial charge in [0.2, 0.25) is 5.91 Å². The van der Waals surface area contributed by atoms with Crippen molar-refractivity contribution in [3.05, 3.63) is 45.6 Å². The van der Waals surface area contributed by atoms with Crippen LogP contribution in [-0.2, 0) is 11.3 Å². The summed E-state index contributed by atoms with van der Waals surface area (Å²) in [5.74, 6) is 0.396. The predicted molar refractivity (Wildman–Crippen MR) is 130 cm³/mol. The van der Waals surface area contributed by atoms with E-state index in [1.807, 2.05) is 37.1 Å². The van der Waals surface area contributed by atoms with Crippen molar-refractivity contribution < 1.29 is 9.59 Å². The number of benzene rings is 1. The number of aromatic amines is 1. The molecule has 1 aromatic carbocycles. The molecular weight excluding hydrogens is 508 g/mol. The van der Waals surface area contributed by atoms with E-state index in [9.17, 15) is 9.59 Å². The van der Waals surface area contributed by atoms with E-state index >= 15 is 0 Å². The fourth-order valence-electron chi connectivity index (χ4n) is 3.67. The highest BCUT2D eigenvalue weighted by Crippen LogP contribution is 2.32. The zero-order chi connectivity index (χ0) is 23.1. The normalized spacial score (nSPS) is 15.5. The van der Waals surface area contributed by atoms with E-state index in [0.717, 1.165) is 33.9 Å². The summed E-state index contributed by atoms with van der Waals surface area (Å²) in [4.78, 5) is 31.8. The molecule has 1 saturated heterocycles. The summed E-state index contributed by atoms with van der Waals surface area (Å²) in [5, 5.41) is 18.8. The highest BCUT2D eigenvalue weighted by Gasteiger charge is 2.28. The molecule has 0 radical (unpaired) electrons. The molecule has 33 heavy (non-hydrogen) atoms. The fourth-order valence-corrected chi connectivity index (χ4v) is 4.83. The Labute approximate surface area is 201 Å². The Bertz CT molecular complexity index is 1360. The van der Waals surface area contributed by atoms with E-state index in [1.165, 1.54) is 17.5 Å². The smallest absolute Gasteiger partial charge is 0.267 e. The Hall–Kier alpha value is -3.25. The lowest BCUT2D eigenvalue weighted by atomic mass is 10.1. The van der Waals surface area contributed by atoms with Crippen molar-refractivity contribution in [3.8, 4) is 0 Å². The van der Waals surface area contributed by atoms with Crippen LogP contribution in [0.1, 0.15) is 28.6 Å². The number of anilines is 3. The van der Waals surface area contributed by atoms with Gasteiger partial charge in [0, 0.05) is 34.2 Å². The van der Waals surface area contributed by atoms with E-state index in [1.54, 1.807) is 10.9 Å².